The van der Waals surface area contributed by atoms with Gasteiger partial charge in [-0.05, 0) is 44.8 Å². The predicted molar refractivity (Wildman–Crippen MR) is 76.4 cm³/mol. The number of aromatic nitrogens is 1. The minimum atomic E-state index is -1.02. The molecule has 0 atom stereocenters. The predicted octanol–water partition coefficient (Wildman–Crippen LogP) is 0.861. The maximum atomic E-state index is 11.8. The van der Waals surface area contributed by atoms with Gasteiger partial charge in [0.05, 0.1) is 0 Å². The van der Waals surface area contributed by atoms with Crippen molar-refractivity contribution in [1.29, 1.82) is 0 Å². The third kappa shape index (κ3) is 6.10. The summed E-state index contributed by atoms with van der Waals surface area (Å²) in [5.41, 5.74) is 0.957. The Morgan fingerprint density at radius 3 is 2.70 bits per heavy atom. The SMILES string of the molecule is CN(C)CCCNC(=O)c1ccc(C=CC(=O)O)cn1. The lowest BCUT2D eigenvalue weighted by Gasteiger charge is -2.09. The highest BCUT2D eigenvalue weighted by molar-refractivity contribution is 5.92. The molecule has 0 aliphatic rings. The molecule has 0 aliphatic heterocycles. The lowest BCUT2D eigenvalue weighted by molar-refractivity contribution is -0.131. The molecule has 1 rings (SSSR count). The van der Waals surface area contributed by atoms with Crippen molar-refractivity contribution in [2.45, 2.75) is 6.42 Å². The summed E-state index contributed by atoms with van der Waals surface area (Å²) in [4.78, 5) is 28.2. The fourth-order valence-electron chi connectivity index (χ4n) is 1.49. The first-order valence-electron chi connectivity index (χ1n) is 6.29. The largest absolute Gasteiger partial charge is 0.478 e. The van der Waals surface area contributed by atoms with E-state index in [0.717, 1.165) is 19.0 Å². The standard InChI is InChI=1S/C14H19N3O3/c1-17(2)9-3-8-15-14(20)12-6-4-11(10-16-12)5-7-13(18)19/h4-7,10H,3,8-9H2,1-2H3,(H,15,20)(H,18,19). The Kier molecular flexibility index (Phi) is 6.39. The molecule has 108 valence electrons. The van der Waals surface area contributed by atoms with Crippen LogP contribution in [0.1, 0.15) is 22.5 Å². The number of carboxylic acid groups (broad SMARTS) is 1. The number of carboxylic acids is 1. The maximum Gasteiger partial charge on any atom is 0.328 e. The van der Waals surface area contributed by atoms with Gasteiger partial charge in [0.2, 0.25) is 0 Å². The van der Waals surface area contributed by atoms with E-state index in [1.807, 2.05) is 19.0 Å². The minimum Gasteiger partial charge on any atom is -0.478 e. The van der Waals surface area contributed by atoms with Crippen molar-refractivity contribution in [1.82, 2.24) is 15.2 Å². The molecule has 1 aromatic heterocycles. The molecule has 0 aromatic carbocycles. The number of hydrogen-bond acceptors (Lipinski definition) is 4. The summed E-state index contributed by atoms with van der Waals surface area (Å²) in [6.45, 7) is 1.51. The van der Waals surface area contributed by atoms with Gasteiger partial charge >= 0.3 is 5.97 Å². The summed E-state index contributed by atoms with van der Waals surface area (Å²) in [5, 5.41) is 11.3. The lowest BCUT2D eigenvalue weighted by Crippen LogP contribution is -2.27. The zero-order chi connectivity index (χ0) is 15.0. The molecular weight excluding hydrogens is 258 g/mol. The molecule has 1 aromatic rings. The normalized spacial score (nSPS) is 10.9. The fourth-order valence-corrected chi connectivity index (χ4v) is 1.49. The second-order valence-corrected chi connectivity index (χ2v) is 4.56. The van der Waals surface area contributed by atoms with Gasteiger partial charge in [-0.3, -0.25) is 9.78 Å². The van der Waals surface area contributed by atoms with Crippen LogP contribution < -0.4 is 5.32 Å². The molecule has 1 heterocycles. The van der Waals surface area contributed by atoms with Gasteiger partial charge in [-0.25, -0.2) is 4.79 Å². The van der Waals surface area contributed by atoms with E-state index < -0.39 is 5.97 Å². The quantitative estimate of drug-likeness (QED) is 0.570. The molecule has 6 heteroatoms. The van der Waals surface area contributed by atoms with Gasteiger partial charge in [0.15, 0.2) is 0 Å². The Morgan fingerprint density at radius 1 is 1.40 bits per heavy atom. The average molecular weight is 277 g/mol. The molecule has 0 spiro atoms. The Morgan fingerprint density at radius 2 is 2.15 bits per heavy atom. The van der Waals surface area contributed by atoms with Crippen molar-refractivity contribution >= 4 is 18.0 Å². The monoisotopic (exact) mass is 277 g/mol. The second-order valence-electron chi connectivity index (χ2n) is 4.56. The molecule has 0 fully saturated rings. The van der Waals surface area contributed by atoms with Gasteiger partial charge in [-0.15, -0.1) is 0 Å². The van der Waals surface area contributed by atoms with Crippen LogP contribution in [-0.4, -0.2) is 54.1 Å². The summed E-state index contributed by atoms with van der Waals surface area (Å²) < 4.78 is 0. The van der Waals surface area contributed by atoms with Gasteiger partial charge in [-0.2, -0.15) is 0 Å². The topological polar surface area (TPSA) is 82.5 Å². The first kappa shape index (κ1) is 15.8. The van der Waals surface area contributed by atoms with Gasteiger partial charge in [-0.1, -0.05) is 6.07 Å². The first-order valence-corrected chi connectivity index (χ1v) is 6.29. The molecule has 0 radical (unpaired) electrons. The third-order valence-corrected chi connectivity index (χ3v) is 2.51. The van der Waals surface area contributed by atoms with E-state index in [4.69, 9.17) is 5.11 Å². The highest BCUT2D eigenvalue weighted by Gasteiger charge is 2.05. The van der Waals surface area contributed by atoms with Crippen LogP contribution in [0.15, 0.2) is 24.4 Å². The average Bonchev–Trinajstić information content (AvgIpc) is 2.41. The highest BCUT2D eigenvalue weighted by atomic mass is 16.4. The number of carbonyl (C=O) groups excluding carboxylic acids is 1. The number of nitrogens with one attached hydrogen (secondary N) is 1. The zero-order valence-electron chi connectivity index (χ0n) is 11.7. The molecule has 0 saturated heterocycles. The Balaban J connectivity index is 2.47. The Labute approximate surface area is 118 Å². The first-order chi connectivity index (χ1) is 9.49. The number of nitrogens with zero attached hydrogens (tertiary/aromatic N) is 2. The van der Waals surface area contributed by atoms with Crippen LogP contribution in [0.5, 0.6) is 0 Å². The van der Waals surface area contributed by atoms with Gasteiger partial charge < -0.3 is 15.3 Å². The van der Waals surface area contributed by atoms with Crippen LogP contribution >= 0.6 is 0 Å². The molecule has 0 aliphatic carbocycles. The molecule has 2 N–H and O–H groups in total. The summed E-state index contributed by atoms with van der Waals surface area (Å²) in [7, 11) is 3.96. The molecule has 0 saturated carbocycles. The zero-order valence-corrected chi connectivity index (χ0v) is 11.7. The van der Waals surface area contributed by atoms with E-state index in [0.29, 0.717) is 17.8 Å². The van der Waals surface area contributed by atoms with Gasteiger partial charge in [0, 0.05) is 18.8 Å². The molecule has 1 amide bonds. The molecule has 20 heavy (non-hydrogen) atoms. The number of carbonyl (C=O) groups is 2. The fraction of sp³-hybridized carbons (Fsp3) is 0.357. The van der Waals surface area contributed by atoms with Gasteiger partial charge in [0.1, 0.15) is 5.69 Å². The smallest absolute Gasteiger partial charge is 0.328 e. The Bertz CT molecular complexity index is 481. The summed E-state index contributed by atoms with van der Waals surface area (Å²) in [6.07, 6.45) is 4.79. The van der Waals surface area contributed by atoms with Crippen LogP contribution in [0.25, 0.3) is 6.08 Å². The van der Waals surface area contributed by atoms with E-state index in [-0.39, 0.29) is 5.91 Å². The van der Waals surface area contributed by atoms with Crippen molar-refractivity contribution < 1.29 is 14.7 Å². The highest BCUT2D eigenvalue weighted by Crippen LogP contribution is 2.02. The maximum absolute atomic E-state index is 11.8. The van der Waals surface area contributed by atoms with Crippen LogP contribution in [0.3, 0.4) is 0 Å². The van der Waals surface area contributed by atoms with Crippen LogP contribution in [0, 0.1) is 0 Å². The second kappa shape index (κ2) is 8.06. The lowest BCUT2D eigenvalue weighted by atomic mass is 10.2. The summed E-state index contributed by atoms with van der Waals surface area (Å²) in [6, 6.07) is 3.23. The minimum absolute atomic E-state index is 0.225. The van der Waals surface area contributed by atoms with Gasteiger partial charge in [0.25, 0.3) is 5.91 Å². The summed E-state index contributed by atoms with van der Waals surface area (Å²) in [5.74, 6) is -1.25. The van der Waals surface area contributed by atoms with Crippen molar-refractivity contribution in [3.05, 3.63) is 35.7 Å². The van der Waals surface area contributed by atoms with Crippen LogP contribution in [-0.2, 0) is 4.79 Å². The molecule has 6 nitrogen and oxygen atoms in total. The van der Waals surface area contributed by atoms with Crippen molar-refractivity contribution in [2.24, 2.45) is 0 Å². The summed E-state index contributed by atoms with van der Waals surface area (Å²) >= 11 is 0. The number of aliphatic carboxylic acids is 1. The third-order valence-electron chi connectivity index (χ3n) is 2.51. The van der Waals surface area contributed by atoms with Crippen LogP contribution in [0.2, 0.25) is 0 Å². The number of hydrogen-bond donors (Lipinski definition) is 2. The van der Waals surface area contributed by atoms with E-state index in [1.54, 1.807) is 12.1 Å². The van der Waals surface area contributed by atoms with E-state index >= 15 is 0 Å². The molecule has 0 bridgehead atoms. The van der Waals surface area contributed by atoms with Crippen molar-refractivity contribution in [3.8, 4) is 0 Å². The number of pyridine rings is 1. The van der Waals surface area contributed by atoms with Crippen LogP contribution in [0.4, 0.5) is 0 Å². The van der Waals surface area contributed by atoms with E-state index in [9.17, 15) is 9.59 Å². The molecule has 0 unspecified atom stereocenters. The van der Waals surface area contributed by atoms with E-state index in [2.05, 4.69) is 10.3 Å². The number of rotatable bonds is 7. The molecular formula is C14H19N3O3. The van der Waals surface area contributed by atoms with Crippen molar-refractivity contribution in [2.75, 3.05) is 27.2 Å². The van der Waals surface area contributed by atoms with E-state index in [1.165, 1.54) is 12.3 Å². The number of amides is 1. The Hall–Kier alpha value is -2.21. The van der Waals surface area contributed by atoms with Crippen molar-refractivity contribution in [3.63, 3.8) is 0 Å².